The normalized spacial score (nSPS) is 18.7. The second-order valence-electron chi connectivity index (χ2n) is 6.94. The van der Waals surface area contributed by atoms with Gasteiger partial charge in [-0.05, 0) is 24.6 Å². The van der Waals surface area contributed by atoms with Gasteiger partial charge in [-0.15, -0.1) is 0 Å². The predicted octanol–water partition coefficient (Wildman–Crippen LogP) is 2.41. The molecule has 1 saturated heterocycles. The number of aromatic nitrogens is 1. The Labute approximate surface area is 166 Å². The Hall–Kier alpha value is -3.94. The minimum absolute atomic E-state index is 0.0356. The summed E-state index contributed by atoms with van der Waals surface area (Å²) in [5.41, 5.74) is 6.04. The molecule has 3 aromatic rings. The number of hydrogen-bond donors (Lipinski definition) is 2. The topological polar surface area (TPSA) is 119 Å². The Kier molecular flexibility index (Phi) is 4.38. The van der Waals surface area contributed by atoms with Crippen LogP contribution in [0.1, 0.15) is 28.5 Å². The lowest BCUT2D eigenvalue weighted by Crippen LogP contribution is -2.41. The van der Waals surface area contributed by atoms with Crippen molar-refractivity contribution in [2.24, 2.45) is 5.73 Å². The number of nitrogens with two attached hydrogens (primary N) is 1. The van der Waals surface area contributed by atoms with Crippen LogP contribution in [0.3, 0.4) is 0 Å². The Morgan fingerprint density at radius 3 is 2.62 bits per heavy atom. The maximum absolute atomic E-state index is 13.1. The number of imide groups is 1. The maximum atomic E-state index is 13.1. The van der Waals surface area contributed by atoms with Gasteiger partial charge >= 0.3 is 6.03 Å². The highest BCUT2D eigenvalue weighted by atomic mass is 16.5. The van der Waals surface area contributed by atoms with Gasteiger partial charge in [0.15, 0.2) is 5.76 Å². The quantitative estimate of drug-likeness (QED) is 0.649. The molecule has 1 aromatic heterocycles. The first-order valence-corrected chi connectivity index (χ1v) is 8.94. The molecule has 2 heterocycles. The monoisotopic (exact) mass is 390 g/mol. The van der Waals surface area contributed by atoms with E-state index in [-0.39, 0.29) is 12.1 Å². The van der Waals surface area contributed by atoms with Gasteiger partial charge in [0.2, 0.25) is 5.91 Å². The summed E-state index contributed by atoms with van der Waals surface area (Å²) in [6, 6.07) is 16.9. The molecule has 1 atom stereocenters. The van der Waals surface area contributed by atoms with E-state index >= 15 is 0 Å². The Morgan fingerprint density at radius 1 is 1.14 bits per heavy atom. The minimum Gasteiger partial charge on any atom is -0.366 e. The van der Waals surface area contributed by atoms with Crippen LogP contribution in [0.5, 0.6) is 0 Å². The summed E-state index contributed by atoms with van der Waals surface area (Å²) >= 11 is 0. The van der Waals surface area contributed by atoms with Gasteiger partial charge in [-0.1, -0.05) is 47.6 Å². The molecule has 1 aliphatic rings. The van der Waals surface area contributed by atoms with E-state index in [1.807, 2.05) is 30.3 Å². The van der Waals surface area contributed by atoms with Gasteiger partial charge in [-0.2, -0.15) is 0 Å². The van der Waals surface area contributed by atoms with Gasteiger partial charge in [0.05, 0.1) is 6.54 Å². The fourth-order valence-electron chi connectivity index (χ4n) is 3.31. The van der Waals surface area contributed by atoms with Crippen LogP contribution in [0.2, 0.25) is 0 Å². The molecule has 4 rings (SSSR count). The summed E-state index contributed by atoms with van der Waals surface area (Å²) in [5, 5.41) is 6.67. The number of rotatable bonds is 5. The number of carbonyl (C=O) groups is 3. The molecular formula is C21H18N4O4. The number of nitrogens with zero attached hydrogens (tertiary/aromatic N) is 2. The largest absolute Gasteiger partial charge is 0.366 e. The molecule has 0 bridgehead atoms. The van der Waals surface area contributed by atoms with Crippen molar-refractivity contribution in [1.29, 1.82) is 0 Å². The van der Waals surface area contributed by atoms with Gasteiger partial charge in [-0.3, -0.25) is 14.5 Å². The third-order valence-corrected chi connectivity index (χ3v) is 4.94. The predicted molar refractivity (Wildman–Crippen MR) is 103 cm³/mol. The first kappa shape index (κ1) is 18.4. The van der Waals surface area contributed by atoms with Crippen molar-refractivity contribution in [1.82, 2.24) is 15.4 Å². The zero-order valence-corrected chi connectivity index (χ0v) is 15.6. The van der Waals surface area contributed by atoms with E-state index in [2.05, 4.69) is 10.5 Å². The number of carbonyl (C=O) groups excluding carboxylic acids is 3. The highest BCUT2D eigenvalue weighted by molar-refractivity contribution is 6.07. The van der Waals surface area contributed by atoms with Crippen LogP contribution >= 0.6 is 0 Å². The minimum atomic E-state index is -1.31. The van der Waals surface area contributed by atoms with Crippen LogP contribution in [0.4, 0.5) is 4.79 Å². The van der Waals surface area contributed by atoms with Gasteiger partial charge in [-0.25, -0.2) is 4.79 Å². The van der Waals surface area contributed by atoms with Crippen molar-refractivity contribution in [2.45, 2.75) is 19.0 Å². The summed E-state index contributed by atoms with van der Waals surface area (Å²) in [6.07, 6.45) is 0. The van der Waals surface area contributed by atoms with E-state index < -0.39 is 23.4 Å². The average molecular weight is 390 g/mol. The van der Waals surface area contributed by atoms with Crippen molar-refractivity contribution < 1.29 is 18.9 Å². The molecule has 0 spiro atoms. The van der Waals surface area contributed by atoms with Crippen molar-refractivity contribution in [3.05, 3.63) is 77.5 Å². The van der Waals surface area contributed by atoms with Crippen LogP contribution in [-0.4, -0.2) is 27.9 Å². The van der Waals surface area contributed by atoms with Crippen molar-refractivity contribution in [3.8, 4) is 11.3 Å². The van der Waals surface area contributed by atoms with E-state index in [1.165, 1.54) is 6.07 Å². The third kappa shape index (κ3) is 3.25. The van der Waals surface area contributed by atoms with Crippen LogP contribution < -0.4 is 11.1 Å². The van der Waals surface area contributed by atoms with Crippen LogP contribution in [0.15, 0.2) is 65.2 Å². The first-order chi connectivity index (χ1) is 13.9. The molecule has 0 unspecified atom stereocenters. The van der Waals surface area contributed by atoms with Crippen LogP contribution in [-0.2, 0) is 16.9 Å². The van der Waals surface area contributed by atoms with E-state index in [0.29, 0.717) is 17.0 Å². The number of benzene rings is 2. The van der Waals surface area contributed by atoms with E-state index in [9.17, 15) is 14.4 Å². The van der Waals surface area contributed by atoms with Crippen LogP contribution in [0, 0.1) is 0 Å². The van der Waals surface area contributed by atoms with Gasteiger partial charge in [0, 0.05) is 17.2 Å². The summed E-state index contributed by atoms with van der Waals surface area (Å²) in [5.74, 6) is -0.516. The lowest BCUT2D eigenvalue weighted by atomic mass is 9.90. The number of urea groups is 1. The molecule has 3 N–H and O–H groups in total. The highest BCUT2D eigenvalue weighted by Crippen LogP contribution is 2.30. The molecule has 8 nitrogen and oxygen atoms in total. The zero-order valence-electron chi connectivity index (χ0n) is 15.6. The average Bonchev–Trinajstić information content (AvgIpc) is 3.28. The lowest BCUT2D eigenvalue weighted by molar-refractivity contribution is -0.131. The summed E-state index contributed by atoms with van der Waals surface area (Å²) in [4.78, 5) is 38.1. The van der Waals surface area contributed by atoms with Gasteiger partial charge in [0.1, 0.15) is 11.2 Å². The van der Waals surface area contributed by atoms with Gasteiger partial charge in [0.25, 0.3) is 5.91 Å². The second kappa shape index (κ2) is 6.90. The van der Waals surface area contributed by atoms with Crippen LogP contribution in [0.25, 0.3) is 11.3 Å². The van der Waals surface area contributed by atoms with Crippen molar-refractivity contribution >= 4 is 17.8 Å². The molecule has 2 aromatic carbocycles. The number of primary amides is 1. The summed E-state index contributed by atoms with van der Waals surface area (Å²) < 4.78 is 5.34. The Balaban J connectivity index is 1.58. The van der Waals surface area contributed by atoms with Crippen molar-refractivity contribution in [3.63, 3.8) is 0 Å². The smallest absolute Gasteiger partial charge is 0.325 e. The Bertz CT molecular complexity index is 1110. The molecule has 0 radical (unpaired) electrons. The van der Waals surface area contributed by atoms with E-state index in [4.69, 9.17) is 10.3 Å². The summed E-state index contributed by atoms with van der Waals surface area (Å²) in [6.45, 7) is 1.55. The fraction of sp³-hybridized carbons (Fsp3) is 0.143. The molecule has 0 saturated carbocycles. The van der Waals surface area contributed by atoms with E-state index in [1.54, 1.807) is 31.2 Å². The molecule has 1 fully saturated rings. The van der Waals surface area contributed by atoms with Gasteiger partial charge < -0.3 is 15.6 Å². The zero-order chi connectivity index (χ0) is 20.6. The molecule has 0 aliphatic carbocycles. The number of nitrogens with one attached hydrogen (secondary N) is 1. The second-order valence-corrected chi connectivity index (χ2v) is 6.94. The van der Waals surface area contributed by atoms with Crippen molar-refractivity contribution in [2.75, 3.05) is 0 Å². The number of amides is 4. The third-order valence-electron chi connectivity index (χ3n) is 4.94. The fourth-order valence-corrected chi connectivity index (χ4v) is 3.31. The maximum Gasteiger partial charge on any atom is 0.325 e. The van der Waals surface area contributed by atoms with E-state index in [0.717, 1.165) is 10.5 Å². The molecule has 4 amide bonds. The standard InChI is InChI=1S/C21H18N4O4/c1-21(15-9-5-8-14(10-15)18(22)26)19(27)25(20(28)23-21)12-16-11-17(29-24-16)13-6-3-2-4-7-13/h2-11H,12H2,1H3,(H2,22,26)(H,23,28)/t21-/m0/s1. The SMILES string of the molecule is C[C@@]1(c2cccc(C(N)=O)c2)NC(=O)N(Cc2cc(-c3ccccc3)on2)C1=O. The summed E-state index contributed by atoms with van der Waals surface area (Å²) in [7, 11) is 0. The highest BCUT2D eigenvalue weighted by Gasteiger charge is 2.49. The molecule has 29 heavy (non-hydrogen) atoms. The molecular weight excluding hydrogens is 372 g/mol. The number of hydrogen-bond acceptors (Lipinski definition) is 5. The first-order valence-electron chi connectivity index (χ1n) is 8.94. The lowest BCUT2D eigenvalue weighted by Gasteiger charge is -2.22. The molecule has 8 heteroatoms. The molecule has 146 valence electrons. The molecule has 1 aliphatic heterocycles. The Morgan fingerprint density at radius 2 is 1.90 bits per heavy atom.